The number of hydrogen-bond acceptors (Lipinski definition) is 2. The van der Waals surface area contributed by atoms with Crippen molar-refractivity contribution in [1.29, 1.82) is 0 Å². The Kier molecular flexibility index (Phi) is 6.19. The van der Waals surface area contributed by atoms with Gasteiger partial charge in [-0.05, 0) is 30.5 Å². The molecule has 0 aromatic heterocycles. The first kappa shape index (κ1) is 16.3. The Bertz CT molecular complexity index is 516. The molecule has 0 aliphatic heterocycles. The van der Waals surface area contributed by atoms with Gasteiger partial charge in [-0.2, -0.15) is 0 Å². The molecule has 1 aromatic rings. The van der Waals surface area contributed by atoms with Crippen LogP contribution >= 0.6 is 0 Å². The van der Waals surface area contributed by atoms with Crippen molar-refractivity contribution in [3.05, 3.63) is 48.0 Å². The van der Waals surface area contributed by atoms with E-state index in [1.807, 2.05) is 12.1 Å². The molecule has 1 aliphatic carbocycles. The maximum atomic E-state index is 12.1. The van der Waals surface area contributed by atoms with Gasteiger partial charge in [0.05, 0.1) is 0 Å². The van der Waals surface area contributed by atoms with Gasteiger partial charge in [-0.3, -0.25) is 9.59 Å². The molecule has 1 fully saturated rings. The quantitative estimate of drug-likeness (QED) is 0.794. The van der Waals surface area contributed by atoms with E-state index >= 15 is 0 Å². The normalized spacial score (nSPS) is 15.1. The largest absolute Gasteiger partial charge is 0.352 e. The fourth-order valence-corrected chi connectivity index (χ4v) is 2.74. The molecule has 0 spiro atoms. The minimum Gasteiger partial charge on any atom is -0.352 e. The predicted molar refractivity (Wildman–Crippen MR) is 87.4 cm³/mol. The lowest BCUT2D eigenvalue weighted by Crippen LogP contribution is -2.31. The van der Waals surface area contributed by atoms with Crippen molar-refractivity contribution in [1.82, 2.24) is 10.6 Å². The molecule has 2 N–H and O–H groups in total. The molecule has 0 radical (unpaired) electrons. The molecule has 4 heteroatoms. The maximum Gasteiger partial charge on any atom is 0.251 e. The molecule has 2 rings (SSSR count). The Morgan fingerprint density at radius 2 is 1.77 bits per heavy atom. The van der Waals surface area contributed by atoms with E-state index in [0.29, 0.717) is 18.7 Å². The van der Waals surface area contributed by atoms with Crippen molar-refractivity contribution in [3.8, 4) is 0 Å². The van der Waals surface area contributed by atoms with Gasteiger partial charge in [0.25, 0.3) is 5.91 Å². The lowest BCUT2D eigenvalue weighted by Gasteiger charge is -2.20. The second-order valence-corrected chi connectivity index (χ2v) is 5.75. The number of amides is 2. The summed E-state index contributed by atoms with van der Waals surface area (Å²) < 4.78 is 0. The first-order valence-corrected chi connectivity index (χ1v) is 7.96. The van der Waals surface area contributed by atoms with Gasteiger partial charge >= 0.3 is 0 Å². The van der Waals surface area contributed by atoms with Crippen molar-refractivity contribution in [2.24, 2.45) is 5.92 Å². The first-order chi connectivity index (χ1) is 10.7. The van der Waals surface area contributed by atoms with Gasteiger partial charge in [0.2, 0.25) is 5.91 Å². The third-order valence-corrected chi connectivity index (χ3v) is 4.07. The van der Waals surface area contributed by atoms with Crippen LogP contribution in [0.2, 0.25) is 0 Å². The highest BCUT2D eigenvalue weighted by Crippen LogP contribution is 2.23. The molecule has 4 nitrogen and oxygen atoms in total. The van der Waals surface area contributed by atoms with E-state index in [4.69, 9.17) is 0 Å². The summed E-state index contributed by atoms with van der Waals surface area (Å²) in [6, 6.07) is 7.31. The molecule has 0 bridgehead atoms. The van der Waals surface area contributed by atoms with Crippen LogP contribution in [0.3, 0.4) is 0 Å². The number of carbonyl (C=O) groups is 2. The van der Waals surface area contributed by atoms with Crippen LogP contribution in [0.15, 0.2) is 36.9 Å². The fraction of sp³-hybridized carbons (Fsp3) is 0.444. The third kappa shape index (κ3) is 4.72. The smallest absolute Gasteiger partial charge is 0.251 e. The molecule has 1 aliphatic rings. The van der Waals surface area contributed by atoms with Crippen LogP contribution in [-0.4, -0.2) is 18.4 Å². The topological polar surface area (TPSA) is 58.2 Å². The van der Waals surface area contributed by atoms with E-state index in [-0.39, 0.29) is 17.7 Å². The highest BCUT2D eigenvalue weighted by atomic mass is 16.2. The lowest BCUT2D eigenvalue weighted by molar-refractivity contribution is -0.126. The van der Waals surface area contributed by atoms with E-state index in [2.05, 4.69) is 17.2 Å². The van der Waals surface area contributed by atoms with Crippen molar-refractivity contribution in [2.45, 2.75) is 38.6 Å². The molecule has 0 saturated heterocycles. The zero-order valence-electron chi connectivity index (χ0n) is 12.9. The van der Waals surface area contributed by atoms with Gasteiger partial charge in [0, 0.05) is 24.6 Å². The first-order valence-electron chi connectivity index (χ1n) is 7.96. The summed E-state index contributed by atoms with van der Waals surface area (Å²) in [7, 11) is 0. The molecular formula is C18H24N2O2. The highest BCUT2D eigenvalue weighted by Gasteiger charge is 2.20. The van der Waals surface area contributed by atoms with Crippen LogP contribution in [0.4, 0.5) is 0 Å². The van der Waals surface area contributed by atoms with Gasteiger partial charge in [-0.15, -0.1) is 6.58 Å². The van der Waals surface area contributed by atoms with Gasteiger partial charge < -0.3 is 10.6 Å². The number of rotatable bonds is 6. The van der Waals surface area contributed by atoms with E-state index in [1.54, 1.807) is 18.2 Å². The molecule has 2 amide bonds. The van der Waals surface area contributed by atoms with Gasteiger partial charge in [0.15, 0.2) is 0 Å². The van der Waals surface area contributed by atoms with Crippen LogP contribution in [-0.2, 0) is 11.3 Å². The average Bonchev–Trinajstić information content (AvgIpc) is 2.58. The Morgan fingerprint density at radius 3 is 2.41 bits per heavy atom. The second-order valence-electron chi connectivity index (χ2n) is 5.75. The van der Waals surface area contributed by atoms with E-state index in [0.717, 1.165) is 31.2 Å². The van der Waals surface area contributed by atoms with Crippen molar-refractivity contribution in [2.75, 3.05) is 6.54 Å². The van der Waals surface area contributed by atoms with Crippen LogP contribution < -0.4 is 10.6 Å². The molecule has 0 atom stereocenters. The SMILES string of the molecule is C=CCNC(=O)c1ccc(CNC(=O)C2CCCCC2)cc1. The number of nitrogens with one attached hydrogen (secondary N) is 2. The summed E-state index contributed by atoms with van der Waals surface area (Å²) in [5.74, 6) is 0.225. The Hall–Kier alpha value is -2.10. The molecule has 0 heterocycles. The monoisotopic (exact) mass is 300 g/mol. The molecule has 1 saturated carbocycles. The summed E-state index contributed by atoms with van der Waals surface area (Å²) in [6.45, 7) is 4.54. The Labute approximate surface area is 132 Å². The number of carbonyl (C=O) groups excluding carboxylic acids is 2. The second kappa shape index (κ2) is 8.37. The van der Waals surface area contributed by atoms with Gasteiger partial charge in [-0.1, -0.05) is 37.5 Å². The molecule has 22 heavy (non-hydrogen) atoms. The minimum absolute atomic E-state index is 0.113. The molecule has 1 aromatic carbocycles. The summed E-state index contributed by atoms with van der Waals surface area (Å²) in [5, 5.41) is 5.73. The maximum absolute atomic E-state index is 12.1. The summed E-state index contributed by atoms with van der Waals surface area (Å²) in [5.41, 5.74) is 1.62. The third-order valence-electron chi connectivity index (χ3n) is 4.07. The highest BCUT2D eigenvalue weighted by molar-refractivity contribution is 5.94. The van der Waals surface area contributed by atoms with Crippen molar-refractivity contribution >= 4 is 11.8 Å². The lowest BCUT2D eigenvalue weighted by atomic mass is 9.88. The summed E-state index contributed by atoms with van der Waals surface area (Å²) >= 11 is 0. The fourth-order valence-electron chi connectivity index (χ4n) is 2.74. The van der Waals surface area contributed by atoms with Crippen LogP contribution in [0, 0.1) is 5.92 Å². The zero-order chi connectivity index (χ0) is 15.8. The van der Waals surface area contributed by atoms with Gasteiger partial charge in [0.1, 0.15) is 0 Å². The number of hydrogen-bond donors (Lipinski definition) is 2. The van der Waals surface area contributed by atoms with Gasteiger partial charge in [-0.25, -0.2) is 0 Å². The Balaban J connectivity index is 1.81. The van der Waals surface area contributed by atoms with E-state index in [1.165, 1.54) is 6.42 Å². The summed E-state index contributed by atoms with van der Waals surface area (Å²) in [6.07, 6.45) is 7.23. The molecular weight excluding hydrogens is 276 g/mol. The van der Waals surface area contributed by atoms with Crippen molar-refractivity contribution in [3.63, 3.8) is 0 Å². The van der Waals surface area contributed by atoms with E-state index < -0.39 is 0 Å². The van der Waals surface area contributed by atoms with Crippen LogP contribution in [0.25, 0.3) is 0 Å². The minimum atomic E-state index is -0.113. The summed E-state index contributed by atoms with van der Waals surface area (Å²) in [4.78, 5) is 23.8. The Morgan fingerprint density at radius 1 is 1.09 bits per heavy atom. The average molecular weight is 300 g/mol. The van der Waals surface area contributed by atoms with E-state index in [9.17, 15) is 9.59 Å². The molecule has 0 unspecified atom stereocenters. The predicted octanol–water partition coefficient (Wildman–Crippen LogP) is 2.80. The standard InChI is InChI=1S/C18H24N2O2/c1-2-12-19-17(21)16-10-8-14(9-11-16)13-20-18(22)15-6-4-3-5-7-15/h2,8-11,15H,1,3-7,12-13H2,(H,19,21)(H,20,22). The zero-order valence-corrected chi connectivity index (χ0v) is 12.9. The van der Waals surface area contributed by atoms with Crippen LogP contribution in [0.5, 0.6) is 0 Å². The number of benzene rings is 1. The van der Waals surface area contributed by atoms with Crippen LogP contribution in [0.1, 0.15) is 48.0 Å². The van der Waals surface area contributed by atoms with Crippen molar-refractivity contribution < 1.29 is 9.59 Å². The molecule has 118 valence electrons.